The fourth-order valence-corrected chi connectivity index (χ4v) is 4.29. The molecular formula is C28H24Cl2N2O3. The highest BCUT2D eigenvalue weighted by molar-refractivity contribution is 6.37. The highest BCUT2D eigenvalue weighted by Gasteiger charge is 2.18. The number of hydrogen-bond donors (Lipinski definition) is 1. The molecule has 4 rings (SSSR count). The molecule has 0 radical (unpaired) electrons. The van der Waals surface area contributed by atoms with Crippen LogP contribution in [0.15, 0.2) is 60.7 Å². The van der Waals surface area contributed by atoms with Crippen LogP contribution in [0, 0.1) is 20.8 Å². The second-order valence-electron chi connectivity index (χ2n) is 8.21. The number of benzene rings is 3. The first kappa shape index (κ1) is 24.6. The molecule has 35 heavy (non-hydrogen) atoms. The molecule has 178 valence electrons. The molecule has 0 amide bonds. The van der Waals surface area contributed by atoms with Crippen molar-refractivity contribution in [3.8, 4) is 11.4 Å². The number of hydrogen-bond acceptors (Lipinski definition) is 3. The van der Waals surface area contributed by atoms with Gasteiger partial charge in [-0.25, -0.2) is 9.48 Å². The molecule has 0 unspecified atom stereocenters. The summed E-state index contributed by atoms with van der Waals surface area (Å²) < 4.78 is 7.89. The minimum atomic E-state index is -0.943. The number of aromatic nitrogens is 2. The first-order chi connectivity index (χ1) is 16.7. The summed E-state index contributed by atoms with van der Waals surface area (Å²) in [6.07, 6.45) is 3.86. The van der Waals surface area contributed by atoms with Gasteiger partial charge in [-0.05, 0) is 79.4 Å². The predicted molar refractivity (Wildman–Crippen MR) is 141 cm³/mol. The van der Waals surface area contributed by atoms with Crippen molar-refractivity contribution in [2.75, 3.05) is 0 Å². The Labute approximate surface area is 214 Å². The number of aromatic carboxylic acids is 1. The number of ether oxygens (including phenoxy) is 1. The molecule has 7 heteroatoms. The van der Waals surface area contributed by atoms with Crippen LogP contribution in [0.25, 0.3) is 17.8 Å². The quantitative estimate of drug-likeness (QED) is 0.262. The van der Waals surface area contributed by atoms with Crippen molar-refractivity contribution in [2.24, 2.45) is 0 Å². The van der Waals surface area contributed by atoms with Gasteiger partial charge in [-0.2, -0.15) is 5.10 Å². The van der Waals surface area contributed by atoms with Crippen molar-refractivity contribution in [1.29, 1.82) is 0 Å². The van der Waals surface area contributed by atoms with E-state index in [2.05, 4.69) is 5.10 Å². The van der Waals surface area contributed by atoms with Gasteiger partial charge in [-0.3, -0.25) is 0 Å². The lowest BCUT2D eigenvalue weighted by atomic mass is 10.1. The molecule has 5 nitrogen and oxygen atoms in total. The van der Waals surface area contributed by atoms with E-state index < -0.39 is 5.97 Å². The van der Waals surface area contributed by atoms with Gasteiger partial charge >= 0.3 is 5.97 Å². The number of aryl methyl sites for hydroxylation is 2. The lowest BCUT2D eigenvalue weighted by Crippen LogP contribution is -2.08. The van der Waals surface area contributed by atoms with Gasteiger partial charge in [0.25, 0.3) is 0 Å². The fourth-order valence-electron chi connectivity index (χ4n) is 3.74. The molecule has 0 saturated heterocycles. The molecule has 3 aromatic carbocycles. The Morgan fingerprint density at radius 3 is 2.40 bits per heavy atom. The smallest absolute Gasteiger partial charge is 0.335 e. The number of rotatable bonds is 7. The lowest BCUT2D eigenvalue weighted by molar-refractivity contribution is 0.0697. The van der Waals surface area contributed by atoms with Crippen LogP contribution in [0.5, 0.6) is 5.75 Å². The first-order valence-corrected chi connectivity index (χ1v) is 11.7. The summed E-state index contributed by atoms with van der Waals surface area (Å²) in [6, 6.07) is 18.0. The van der Waals surface area contributed by atoms with E-state index in [0.29, 0.717) is 22.3 Å². The third-order valence-corrected chi connectivity index (χ3v) is 6.45. The summed E-state index contributed by atoms with van der Waals surface area (Å²) in [5, 5.41) is 14.8. The van der Waals surface area contributed by atoms with Gasteiger partial charge in [0.15, 0.2) is 0 Å². The summed E-state index contributed by atoms with van der Waals surface area (Å²) in [4.78, 5) is 11.2. The topological polar surface area (TPSA) is 64.4 Å². The van der Waals surface area contributed by atoms with E-state index >= 15 is 0 Å². The van der Waals surface area contributed by atoms with Crippen LogP contribution in [0.1, 0.15) is 44.0 Å². The summed E-state index contributed by atoms with van der Waals surface area (Å²) in [6.45, 7) is 6.24. The van der Waals surface area contributed by atoms with Crippen molar-refractivity contribution in [3.63, 3.8) is 0 Å². The van der Waals surface area contributed by atoms with Gasteiger partial charge in [-0.1, -0.05) is 59.6 Å². The molecule has 0 saturated carbocycles. The second kappa shape index (κ2) is 10.4. The standard InChI is InChI=1S/C28H24Cl2N2O3/c1-17-14-23(13-12-21(17)11-10-20-6-4-7-22(15-20)28(33)34)35-16-26-18(2)19(3)31-32(26)27-24(29)8-5-9-25(27)30/h4-15H,16H2,1-3H3,(H,33,34). The molecule has 0 atom stereocenters. The summed E-state index contributed by atoms with van der Waals surface area (Å²) in [5.41, 5.74) is 6.52. The van der Waals surface area contributed by atoms with Crippen molar-refractivity contribution >= 4 is 41.3 Å². The minimum absolute atomic E-state index is 0.260. The molecule has 0 fully saturated rings. The normalized spacial score (nSPS) is 11.2. The van der Waals surface area contributed by atoms with Crippen molar-refractivity contribution in [2.45, 2.75) is 27.4 Å². The van der Waals surface area contributed by atoms with Gasteiger partial charge in [0.1, 0.15) is 18.0 Å². The van der Waals surface area contributed by atoms with E-state index in [1.165, 1.54) is 0 Å². The van der Waals surface area contributed by atoms with Crippen molar-refractivity contribution in [1.82, 2.24) is 9.78 Å². The maximum atomic E-state index is 11.2. The van der Waals surface area contributed by atoms with Gasteiger partial charge in [0, 0.05) is 0 Å². The monoisotopic (exact) mass is 506 g/mol. The number of nitrogens with zero attached hydrogens (tertiary/aromatic N) is 2. The Balaban J connectivity index is 1.54. The SMILES string of the molecule is Cc1cc(OCc2c(C)c(C)nn2-c2c(Cl)cccc2Cl)ccc1C=Cc1cccc(C(=O)O)c1. The Hall–Kier alpha value is -3.54. The molecule has 0 aliphatic carbocycles. The third-order valence-electron chi connectivity index (χ3n) is 5.84. The summed E-state index contributed by atoms with van der Waals surface area (Å²) in [5.74, 6) is -0.218. The van der Waals surface area contributed by atoms with Crippen LogP contribution in [-0.2, 0) is 6.61 Å². The zero-order chi connectivity index (χ0) is 25.1. The van der Waals surface area contributed by atoms with Gasteiger partial charge in [0.2, 0.25) is 0 Å². The minimum Gasteiger partial charge on any atom is -0.487 e. The van der Waals surface area contributed by atoms with Crippen LogP contribution < -0.4 is 4.74 Å². The number of carboxylic acids is 1. The van der Waals surface area contributed by atoms with Gasteiger partial charge < -0.3 is 9.84 Å². The molecule has 1 N–H and O–H groups in total. The van der Waals surface area contributed by atoms with Crippen LogP contribution in [0.3, 0.4) is 0 Å². The average Bonchev–Trinajstić information content (AvgIpc) is 3.10. The van der Waals surface area contributed by atoms with E-state index in [1.54, 1.807) is 41.1 Å². The van der Waals surface area contributed by atoms with Crippen LogP contribution in [0.2, 0.25) is 10.0 Å². The van der Waals surface area contributed by atoms with Gasteiger partial charge in [-0.15, -0.1) is 0 Å². The number of carboxylic acid groups (broad SMARTS) is 1. The van der Waals surface area contributed by atoms with Crippen LogP contribution in [0.4, 0.5) is 0 Å². The van der Waals surface area contributed by atoms with E-state index in [1.807, 2.05) is 57.2 Å². The molecule has 1 heterocycles. The average molecular weight is 507 g/mol. The zero-order valence-electron chi connectivity index (χ0n) is 19.5. The van der Waals surface area contributed by atoms with E-state index in [0.717, 1.165) is 39.4 Å². The zero-order valence-corrected chi connectivity index (χ0v) is 21.1. The first-order valence-electron chi connectivity index (χ1n) is 11.0. The second-order valence-corrected chi connectivity index (χ2v) is 9.02. The highest BCUT2D eigenvalue weighted by atomic mass is 35.5. The Morgan fingerprint density at radius 1 is 1.00 bits per heavy atom. The number of halogens is 2. The molecular weight excluding hydrogens is 483 g/mol. The maximum Gasteiger partial charge on any atom is 0.335 e. The maximum absolute atomic E-state index is 11.2. The predicted octanol–water partition coefficient (Wildman–Crippen LogP) is 7.55. The van der Waals surface area contributed by atoms with Crippen LogP contribution in [-0.4, -0.2) is 20.9 Å². The molecule has 0 aliphatic rings. The third kappa shape index (κ3) is 5.42. The summed E-state index contributed by atoms with van der Waals surface area (Å²) >= 11 is 12.9. The molecule has 0 spiro atoms. The van der Waals surface area contributed by atoms with Crippen molar-refractivity contribution in [3.05, 3.63) is 110 Å². The molecule has 1 aromatic heterocycles. The van der Waals surface area contributed by atoms with Crippen molar-refractivity contribution < 1.29 is 14.6 Å². The fraction of sp³-hybridized carbons (Fsp3) is 0.143. The Bertz CT molecular complexity index is 1420. The molecule has 0 aliphatic heterocycles. The Kier molecular flexibility index (Phi) is 7.29. The largest absolute Gasteiger partial charge is 0.487 e. The number of carbonyl (C=O) groups is 1. The van der Waals surface area contributed by atoms with E-state index in [-0.39, 0.29) is 5.56 Å². The summed E-state index contributed by atoms with van der Waals surface area (Å²) in [7, 11) is 0. The molecule has 4 aromatic rings. The lowest BCUT2D eigenvalue weighted by Gasteiger charge is -2.13. The molecule has 0 bridgehead atoms. The van der Waals surface area contributed by atoms with Crippen LogP contribution >= 0.6 is 23.2 Å². The van der Waals surface area contributed by atoms with E-state index in [9.17, 15) is 9.90 Å². The Morgan fingerprint density at radius 2 is 1.71 bits per heavy atom. The highest BCUT2D eigenvalue weighted by Crippen LogP contribution is 2.31. The van der Waals surface area contributed by atoms with Gasteiger partial charge in [0.05, 0.1) is 27.0 Å². The van der Waals surface area contributed by atoms with E-state index in [4.69, 9.17) is 27.9 Å². The number of para-hydroxylation sites is 1.